The molecule has 0 aliphatic carbocycles. The number of amides is 1. The Bertz CT molecular complexity index is 1520. The minimum Gasteiger partial charge on any atom is -0.497 e. The third-order valence-electron chi connectivity index (χ3n) is 5.67. The number of methoxy groups -OCH3 is 1. The molecule has 4 rings (SSSR count). The number of nitrogens with two attached hydrogens (primary N) is 1. The van der Waals surface area contributed by atoms with Gasteiger partial charge in [-0.25, -0.2) is 19.3 Å². The summed E-state index contributed by atoms with van der Waals surface area (Å²) in [4.78, 5) is 47.5. The molecular weight excluding hydrogens is 450 g/mol. The van der Waals surface area contributed by atoms with Crippen LogP contribution in [0.4, 0.5) is 0 Å². The Morgan fingerprint density at radius 3 is 2.49 bits per heavy atom. The fraction of sp³-hybridized carbons (Fsp3) is 0.240. The number of aromatic nitrogens is 4. The third kappa shape index (κ3) is 4.37. The van der Waals surface area contributed by atoms with Crippen LogP contribution in [0.15, 0.2) is 47.3 Å². The Labute approximate surface area is 200 Å². The summed E-state index contributed by atoms with van der Waals surface area (Å²) in [7, 11) is 1.53. The van der Waals surface area contributed by atoms with Crippen molar-refractivity contribution in [2.45, 2.75) is 27.3 Å². The maximum absolute atomic E-state index is 13.6. The first kappa shape index (κ1) is 23.7. The van der Waals surface area contributed by atoms with Gasteiger partial charge in [0.25, 0.3) is 5.91 Å². The standard InChI is InChI=1S/C25H25N5O5/c1-5-35-19(31)13-29-21-20(22(26)32)27-23(16-7-6-8-18(12-16)34-4)28-24(21)30(25(29)33)17-10-9-14(2)15(3)11-17/h6-12H,5,13H2,1-4H3,(H2,26,32). The van der Waals surface area contributed by atoms with Crippen molar-refractivity contribution in [3.63, 3.8) is 0 Å². The second-order valence-corrected chi connectivity index (χ2v) is 7.94. The molecule has 2 aromatic carbocycles. The van der Waals surface area contributed by atoms with Crippen molar-refractivity contribution >= 4 is 23.0 Å². The second kappa shape index (κ2) is 9.41. The molecule has 0 saturated heterocycles. The topological polar surface area (TPSA) is 131 Å². The number of hydrogen-bond acceptors (Lipinski definition) is 7. The fourth-order valence-corrected chi connectivity index (χ4v) is 3.80. The maximum atomic E-state index is 13.6. The summed E-state index contributed by atoms with van der Waals surface area (Å²) in [5.74, 6) is -0.758. The van der Waals surface area contributed by atoms with Crippen LogP contribution >= 0.6 is 0 Å². The lowest BCUT2D eigenvalue weighted by molar-refractivity contribution is -0.143. The smallest absolute Gasteiger partial charge is 0.335 e. The predicted octanol–water partition coefficient (Wildman–Crippen LogP) is 2.54. The minimum atomic E-state index is -0.864. The van der Waals surface area contributed by atoms with Crippen LogP contribution in [0.25, 0.3) is 28.2 Å². The number of hydrogen-bond donors (Lipinski definition) is 1. The number of nitrogens with zero attached hydrogens (tertiary/aromatic N) is 4. The molecule has 2 heterocycles. The van der Waals surface area contributed by atoms with Gasteiger partial charge in [0.2, 0.25) is 0 Å². The summed E-state index contributed by atoms with van der Waals surface area (Å²) in [5.41, 5.74) is 8.22. The van der Waals surface area contributed by atoms with Gasteiger partial charge in [-0.3, -0.25) is 14.2 Å². The monoisotopic (exact) mass is 475 g/mol. The third-order valence-corrected chi connectivity index (χ3v) is 5.67. The van der Waals surface area contributed by atoms with E-state index in [1.165, 1.54) is 11.7 Å². The van der Waals surface area contributed by atoms with E-state index in [4.69, 9.17) is 15.2 Å². The van der Waals surface area contributed by atoms with Gasteiger partial charge in [0.1, 0.15) is 17.8 Å². The number of carbonyl (C=O) groups is 2. The highest BCUT2D eigenvalue weighted by molar-refractivity contribution is 6.02. The van der Waals surface area contributed by atoms with Gasteiger partial charge >= 0.3 is 11.7 Å². The molecule has 0 unspecified atom stereocenters. The average Bonchev–Trinajstić information content (AvgIpc) is 3.11. The number of primary amides is 1. The Balaban J connectivity index is 2.09. The van der Waals surface area contributed by atoms with Crippen molar-refractivity contribution in [1.29, 1.82) is 0 Å². The van der Waals surface area contributed by atoms with Crippen molar-refractivity contribution in [3.8, 4) is 22.8 Å². The Kier molecular flexibility index (Phi) is 6.37. The zero-order valence-corrected chi connectivity index (χ0v) is 19.9. The number of rotatable bonds is 7. The van der Waals surface area contributed by atoms with Gasteiger partial charge in [0, 0.05) is 5.56 Å². The van der Waals surface area contributed by atoms with Gasteiger partial charge in [0.05, 0.1) is 19.4 Å². The number of carbonyl (C=O) groups excluding carboxylic acids is 2. The molecule has 10 nitrogen and oxygen atoms in total. The van der Waals surface area contributed by atoms with Gasteiger partial charge in [-0.2, -0.15) is 0 Å². The minimum absolute atomic E-state index is 0.0560. The quantitative estimate of drug-likeness (QED) is 0.406. The van der Waals surface area contributed by atoms with E-state index < -0.39 is 24.1 Å². The molecule has 4 aromatic rings. The molecule has 0 bridgehead atoms. The lowest BCUT2D eigenvalue weighted by Gasteiger charge is -2.09. The molecule has 2 aromatic heterocycles. The van der Waals surface area contributed by atoms with Crippen molar-refractivity contribution in [3.05, 3.63) is 69.8 Å². The molecule has 10 heteroatoms. The average molecular weight is 476 g/mol. The number of aryl methyl sites for hydroxylation is 2. The van der Waals surface area contributed by atoms with E-state index in [0.717, 1.165) is 15.7 Å². The Morgan fingerprint density at radius 1 is 1.06 bits per heavy atom. The molecule has 180 valence electrons. The van der Waals surface area contributed by atoms with Crippen LogP contribution in [0, 0.1) is 13.8 Å². The highest BCUT2D eigenvalue weighted by Gasteiger charge is 2.26. The lowest BCUT2D eigenvalue weighted by atomic mass is 10.1. The molecule has 0 saturated carbocycles. The summed E-state index contributed by atoms with van der Waals surface area (Å²) in [6, 6.07) is 12.5. The molecular formula is C25H25N5O5. The van der Waals surface area contributed by atoms with E-state index in [-0.39, 0.29) is 29.3 Å². The van der Waals surface area contributed by atoms with Crippen LogP contribution in [0.3, 0.4) is 0 Å². The largest absolute Gasteiger partial charge is 0.497 e. The summed E-state index contributed by atoms with van der Waals surface area (Å²) < 4.78 is 12.8. The van der Waals surface area contributed by atoms with Crippen LogP contribution in [0.1, 0.15) is 28.5 Å². The SMILES string of the molecule is CCOC(=O)Cn1c(=O)n(-c2ccc(C)c(C)c2)c2nc(-c3cccc(OC)c3)nc(C(N)=O)c21. The van der Waals surface area contributed by atoms with E-state index >= 15 is 0 Å². The molecule has 0 fully saturated rings. The van der Waals surface area contributed by atoms with E-state index in [0.29, 0.717) is 17.0 Å². The van der Waals surface area contributed by atoms with E-state index in [1.54, 1.807) is 37.3 Å². The van der Waals surface area contributed by atoms with Gasteiger partial charge in [-0.1, -0.05) is 18.2 Å². The summed E-state index contributed by atoms with van der Waals surface area (Å²) in [6.07, 6.45) is 0. The summed E-state index contributed by atoms with van der Waals surface area (Å²) in [6.45, 7) is 5.26. The zero-order valence-electron chi connectivity index (χ0n) is 19.9. The highest BCUT2D eigenvalue weighted by atomic mass is 16.5. The first-order valence-corrected chi connectivity index (χ1v) is 11.0. The highest BCUT2D eigenvalue weighted by Crippen LogP contribution is 2.26. The van der Waals surface area contributed by atoms with Crippen LogP contribution in [-0.4, -0.2) is 44.7 Å². The van der Waals surface area contributed by atoms with Crippen LogP contribution in [0.2, 0.25) is 0 Å². The summed E-state index contributed by atoms with van der Waals surface area (Å²) in [5, 5.41) is 0. The predicted molar refractivity (Wildman–Crippen MR) is 130 cm³/mol. The molecule has 1 amide bonds. The molecule has 35 heavy (non-hydrogen) atoms. The van der Waals surface area contributed by atoms with Gasteiger partial charge < -0.3 is 15.2 Å². The normalized spacial score (nSPS) is 11.0. The number of benzene rings is 2. The lowest BCUT2D eigenvalue weighted by Crippen LogP contribution is -2.28. The van der Waals surface area contributed by atoms with Crippen molar-refractivity contribution in [2.75, 3.05) is 13.7 Å². The molecule has 0 spiro atoms. The summed E-state index contributed by atoms with van der Waals surface area (Å²) >= 11 is 0. The van der Waals surface area contributed by atoms with E-state index in [9.17, 15) is 14.4 Å². The second-order valence-electron chi connectivity index (χ2n) is 7.94. The fourth-order valence-electron chi connectivity index (χ4n) is 3.80. The molecule has 2 N–H and O–H groups in total. The van der Waals surface area contributed by atoms with Crippen molar-refractivity contribution in [1.82, 2.24) is 19.1 Å². The number of esters is 1. The van der Waals surface area contributed by atoms with Crippen molar-refractivity contribution < 1.29 is 19.1 Å². The first-order chi connectivity index (χ1) is 16.7. The van der Waals surface area contributed by atoms with Crippen molar-refractivity contribution in [2.24, 2.45) is 5.73 Å². The first-order valence-electron chi connectivity index (χ1n) is 11.0. The van der Waals surface area contributed by atoms with Crippen LogP contribution in [-0.2, 0) is 16.1 Å². The van der Waals surface area contributed by atoms with E-state index in [1.807, 2.05) is 26.0 Å². The number of imidazole rings is 1. The molecule has 0 aliphatic heterocycles. The van der Waals surface area contributed by atoms with E-state index in [2.05, 4.69) is 9.97 Å². The Hall–Kier alpha value is -4.47. The van der Waals surface area contributed by atoms with Gasteiger partial charge in [-0.05, 0) is 56.2 Å². The van der Waals surface area contributed by atoms with Gasteiger partial charge in [-0.15, -0.1) is 0 Å². The number of fused-ring (bicyclic) bond motifs is 1. The zero-order chi connectivity index (χ0) is 25.3. The Morgan fingerprint density at radius 2 is 1.83 bits per heavy atom. The molecule has 0 radical (unpaired) electrons. The van der Waals surface area contributed by atoms with Crippen LogP contribution in [0.5, 0.6) is 5.75 Å². The number of ether oxygens (including phenoxy) is 2. The maximum Gasteiger partial charge on any atom is 0.335 e. The molecule has 0 aliphatic rings. The van der Waals surface area contributed by atoms with Crippen LogP contribution < -0.4 is 16.2 Å². The van der Waals surface area contributed by atoms with Gasteiger partial charge in [0.15, 0.2) is 17.2 Å². The molecule has 0 atom stereocenters.